The number of aromatic nitrogens is 2. The van der Waals surface area contributed by atoms with Crippen molar-refractivity contribution in [3.05, 3.63) is 65.7 Å². The largest absolute Gasteiger partial charge is 0.497 e. The highest BCUT2D eigenvalue weighted by Crippen LogP contribution is 2.29. The number of fused-ring (bicyclic) bond motifs is 1. The van der Waals surface area contributed by atoms with Gasteiger partial charge in [-0.15, -0.1) is 0 Å². The van der Waals surface area contributed by atoms with Crippen molar-refractivity contribution in [2.75, 3.05) is 19.0 Å². The summed E-state index contributed by atoms with van der Waals surface area (Å²) in [7, 11) is 1.61. The van der Waals surface area contributed by atoms with Crippen LogP contribution in [0.5, 0.6) is 5.75 Å². The van der Waals surface area contributed by atoms with E-state index < -0.39 is 36.2 Å². The first kappa shape index (κ1) is 32.5. The lowest BCUT2D eigenvalue weighted by Crippen LogP contribution is -2.38. The Hall–Kier alpha value is -4.67. The number of hydrogen-bond acceptors (Lipinski definition) is 6. The van der Waals surface area contributed by atoms with Crippen molar-refractivity contribution in [1.29, 1.82) is 0 Å². The summed E-state index contributed by atoms with van der Waals surface area (Å²) in [5.41, 5.74) is 3.56. The molecule has 2 heterocycles. The minimum atomic E-state index is -5.08. The van der Waals surface area contributed by atoms with Gasteiger partial charge in [-0.1, -0.05) is 12.1 Å². The summed E-state index contributed by atoms with van der Waals surface area (Å²) >= 11 is 0. The molecule has 0 aliphatic carbocycles. The van der Waals surface area contributed by atoms with Crippen LogP contribution < -0.4 is 15.4 Å². The van der Waals surface area contributed by atoms with Crippen molar-refractivity contribution in [1.82, 2.24) is 15.5 Å². The van der Waals surface area contributed by atoms with Gasteiger partial charge in [-0.3, -0.25) is 9.89 Å². The third kappa shape index (κ3) is 9.48. The minimum Gasteiger partial charge on any atom is -0.497 e. The van der Waals surface area contributed by atoms with E-state index in [9.17, 15) is 35.5 Å². The molecule has 0 radical (unpaired) electrons. The molecule has 5 N–H and O–H groups in total. The van der Waals surface area contributed by atoms with Crippen LogP contribution in [0.3, 0.4) is 0 Å². The molecule has 1 unspecified atom stereocenters. The summed E-state index contributed by atoms with van der Waals surface area (Å²) in [4.78, 5) is 30.6. The first-order valence-corrected chi connectivity index (χ1v) is 11.1. The minimum absolute atomic E-state index is 0.148. The average molecular weight is 594 g/mol. The van der Waals surface area contributed by atoms with Crippen molar-refractivity contribution in [3.8, 4) is 16.9 Å². The number of H-pyrrole nitrogens is 1. The normalized spacial score (nSPS) is 14.3. The molecule has 1 atom stereocenters. The Morgan fingerprint density at radius 3 is 2.07 bits per heavy atom. The average Bonchev–Trinajstić information content (AvgIpc) is 3.44. The van der Waals surface area contributed by atoms with E-state index in [4.69, 9.17) is 24.5 Å². The molecular weight excluding hydrogens is 573 g/mol. The number of hydrogen-bond donors (Lipinski definition) is 5. The summed E-state index contributed by atoms with van der Waals surface area (Å²) in [6, 6.07) is 9.80. The van der Waals surface area contributed by atoms with E-state index in [0.717, 1.165) is 28.9 Å². The molecule has 1 aliphatic rings. The van der Waals surface area contributed by atoms with Crippen molar-refractivity contribution in [2.45, 2.75) is 24.8 Å². The fourth-order valence-corrected chi connectivity index (χ4v) is 3.31. The second-order valence-electron chi connectivity index (χ2n) is 7.98. The van der Waals surface area contributed by atoms with Crippen LogP contribution in [0, 0.1) is 5.82 Å². The van der Waals surface area contributed by atoms with E-state index in [0.29, 0.717) is 12.1 Å². The third-order valence-corrected chi connectivity index (χ3v) is 5.21. The smallest absolute Gasteiger partial charge is 0.490 e. The van der Waals surface area contributed by atoms with Gasteiger partial charge in [-0.05, 0) is 47.4 Å². The van der Waals surface area contributed by atoms with Crippen LogP contribution in [-0.2, 0) is 20.8 Å². The molecule has 10 nitrogen and oxygen atoms in total. The Morgan fingerprint density at radius 2 is 1.59 bits per heavy atom. The van der Waals surface area contributed by atoms with Gasteiger partial charge in [0.05, 0.1) is 19.0 Å². The number of carbonyl (C=O) groups excluding carboxylic acids is 1. The lowest BCUT2D eigenvalue weighted by Gasteiger charge is -2.26. The number of carboxylic acid groups (broad SMARTS) is 2. The molecule has 1 amide bonds. The second kappa shape index (κ2) is 13.6. The summed E-state index contributed by atoms with van der Waals surface area (Å²) in [5, 5.41) is 26.7. The lowest BCUT2D eigenvalue weighted by atomic mass is 9.93. The van der Waals surface area contributed by atoms with Gasteiger partial charge in [0.25, 0.3) is 0 Å². The molecule has 1 aromatic heterocycles. The second-order valence-corrected chi connectivity index (χ2v) is 7.98. The lowest BCUT2D eigenvalue weighted by molar-refractivity contribution is -0.193. The van der Waals surface area contributed by atoms with Crippen molar-refractivity contribution >= 4 is 23.5 Å². The number of anilines is 1. The Balaban J connectivity index is 0.000000349. The van der Waals surface area contributed by atoms with Gasteiger partial charge in [-0.2, -0.15) is 31.4 Å². The van der Waals surface area contributed by atoms with Crippen LogP contribution in [0.15, 0.2) is 48.8 Å². The molecule has 1 aliphatic heterocycles. The zero-order chi connectivity index (χ0) is 31.0. The number of benzene rings is 2. The molecule has 2 aromatic carbocycles. The van der Waals surface area contributed by atoms with E-state index in [1.165, 1.54) is 6.07 Å². The maximum Gasteiger partial charge on any atom is 0.490 e. The number of nitrogens with one attached hydrogen (secondary N) is 3. The number of alkyl halides is 6. The number of aromatic amines is 1. The van der Waals surface area contributed by atoms with Gasteiger partial charge < -0.3 is 25.6 Å². The number of amides is 1. The van der Waals surface area contributed by atoms with Gasteiger partial charge >= 0.3 is 24.3 Å². The molecule has 0 fully saturated rings. The molecule has 0 bridgehead atoms. The zero-order valence-corrected chi connectivity index (χ0v) is 20.7. The Kier molecular flexibility index (Phi) is 10.8. The molecule has 17 heteroatoms. The number of rotatable bonds is 4. The van der Waals surface area contributed by atoms with Crippen LogP contribution in [-0.4, -0.2) is 64.3 Å². The molecule has 222 valence electrons. The van der Waals surface area contributed by atoms with Gasteiger partial charge in [0.1, 0.15) is 17.6 Å². The van der Waals surface area contributed by atoms with Crippen LogP contribution in [0.4, 0.5) is 36.4 Å². The zero-order valence-electron chi connectivity index (χ0n) is 20.7. The summed E-state index contributed by atoms with van der Waals surface area (Å²) in [6.45, 7) is 0.667. The number of aliphatic carboxylic acids is 2. The number of nitrogens with zero attached hydrogens (tertiary/aromatic N) is 1. The Labute approximate surface area is 226 Å². The van der Waals surface area contributed by atoms with Gasteiger partial charge in [-0.25, -0.2) is 14.0 Å². The highest BCUT2D eigenvalue weighted by molar-refractivity contribution is 5.96. The van der Waals surface area contributed by atoms with E-state index in [1.54, 1.807) is 31.6 Å². The monoisotopic (exact) mass is 594 g/mol. The number of halogens is 7. The van der Waals surface area contributed by atoms with E-state index in [-0.39, 0.29) is 11.6 Å². The quantitative estimate of drug-likeness (QED) is 0.280. The highest BCUT2D eigenvalue weighted by Gasteiger charge is 2.38. The molecular formula is C24H21F7N4O6. The number of ether oxygens (including phenoxy) is 1. The van der Waals surface area contributed by atoms with Crippen molar-refractivity contribution < 1.29 is 60.1 Å². The molecule has 0 spiro atoms. The first-order valence-electron chi connectivity index (χ1n) is 11.1. The fourth-order valence-electron chi connectivity index (χ4n) is 3.31. The summed E-state index contributed by atoms with van der Waals surface area (Å²) < 4.78 is 83.2. The van der Waals surface area contributed by atoms with Gasteiger partial charge in [0.15, 0.2) is 0 Å². The predicted octanol–water partition coefficient (Wildman–Crippen LogP) is 4.32. The van der Waals surface area contributed by atoms with Crippen LogP contribution in [0.2, 0.25) is 0 Å². The molecule has 0 saturated heterocycles. The molecule has 3 aromatic rings. The van der Waals surface area contributed by atoms with Crippen LogP contribution in [0.25, 0.3) is 11.1 Å². The van der Waals surface area contributed by atoms with Gasteiger partial charge in [0.2, 0.25) is 5.91 Å². The maximum absolute atomic E-state index is 14.5. The third-order valence-electron chi connectivity index (χ3n) is 5.21. The van der Waals surface area contributed by atoms with E-state index in [1.807, 2.05) is 18.2 Å². The Morgan fingerprint density at radius 1 is 0.976 bits per heavy atom. The SMILES string of the molecule is COc1ccc2c(c1)CCNC2C(=O)Nc1ccc(-c2cn[nH]c2)cc1F.O=C(O)C(F)(F)F.O=C(O)C(F)(F)F. The fraction of sp³-hybridized carbons (Fsp3) is 0.250. The standard InChI is InChI=1S/C20H19FN4O2.2C2HF3O2/c1-27-15-3-4-16-13(8-15)6-7-22-19(16)20(26)25-18-5-2-12(9-17(18)21)14-10-23-24-11-14;2*3-2(4,5)1(6)7/h2-5,8-11,19,22H,6-7H2,1H3,(H,23,24)(H,25,26);2*(H,6,7). The summed E-state index contributed by atoms with van der Waals surface area (Å²) in [5.74, 6) is -5.54. The first-order chi connectivity index (χ1) is 19.0. The molecule has 41 heavy (non-hydrogen) atoms. The molecule has 4 rings (SSSR count). The van der Waals surface area contributed by atoms with E-state index >= 15 is 0 Å². The van der Waals surface area contributed by atoms with E-state index in [2.05, 4.69) is 20.8 Å². The van der Waals surface area contributed by atoms with Crippen LogP contribution >= 0.6 is 0 Å². The topological polar surface area (TPSA) is 154 Å². The maximum atomic E-state index is 14.5. The van der Waals surface area contributed by atoms with Crippen LogP contribution in [0.1, 0.15) is 17.2 Å². The summed E-state index contributed by atoms with van der Waals surface area (Å²) in [6.07, 6.45) is -6.06. The predicted molar refractivity (Wildman–Crippen MR) is 127 cm³/mol. The highest BCUT2D eigenvalue weighted by atomic mass is 19.4. The van der Waals surface area contributed by atoms with Gasteiger partial charge in [0, 0.05) is 18.3 Å². The van der Waals surface area contributed by atoms with Crippen molar-refractivity contribution in [3.63, 3.8) is 0 Å². The Bertz CT molecular complexity index is 1340. The van der Waals surface area contributed by atoms with Crippen molar-refractivity contribution in [2.24, 2.45) is 0 Å². The number of carbonyl (C=O) groups is 3. The number of methoxy groups -OCH3 is 1. The number of carboxylic acids is 2. The molecule has 0 saturated carbocycles.